The molecular weight excluding hydrogens is 464 g/mol. The molecule has 0 aliphatic heterocycles. The zero-order valence-electron chi connectivity index (χ0n) is 16.4. The summed E-state index contributed by atoms with van der Waals surface area (Å²) >= 11 is 5.13. The van der Waals surface area contributed by atoms with Gasteiger partial charge < -0.3 is 14.6 Å². The smallest absolute Gasteiger partial charge is 0.341 e. The van der Waals surface area contributed by atoms with E-state index >= 15 is 0 Å². The first-order chi connectivity index (χ1) is 14.6. The van der Waals surface area contributed by atoms with Gasteiger partial charge in [0.05, 0.1) is 11.6 Å². The molecule has 0 aromatic heterocycles. The largest absolute Gasteiger partial charge is 0.496 e. The van der Waals surface area contributed by atoms with E-state index in [0.717, 1.165) is 37.6 Å². The molecule has 3 rings (SSSR count). The lowest BCUT2D eigenvalue weighted by atomic mass is 9.97. The van der Waals surface area contributed by atoms with Crippen molar-refractivity contribution in [3.63, 3.8) is 0 Å². The summed E-state index contributed by atoms with van der Waals surface area (Å²) < 4.78 is 11.6. The molecule has 0 aliphatic carbocycles. The number of thioether (sulfide) groups is 1. The fourth-order valence-corrected chi connectivity index (χ4v) is 4.37. The second-order valence-corrected chi connectivity index (χ2v) is 8.22. The predicted octanol–water partition coefficient (Wildman–Crippen LogP) is 6.15. The minimum atomic E-state index is -1.00. The Morgan fingerprint density at radius 1 is 1.03 bits per heavy atom. The van der Waals surface area contributed by atoms with Gasteiger partial charge in [-0.1, -0.05) is 54.6 Å². The van der Waals surface area contributed by atoms with Crippen molar-refractivity contribution in [2.45, 2.75) is 4.90 Å². The van der Waals surface area contributed by atoms with Crippen molar-refractivity contribution < 1.29 is 19.4 Å². The zero-order chi connectivity index (χ0) is 21.3. The van der Waals surface area contributed by atoms with Crippen LogP contribution >= 0.6 is 27.7 Å². The Bertz CT molecular complexity index is 1030. The summed E-state index contributed by atoms with van der Waals surface area (Å²) in [5, 5.41) is 8.75. The summed E-state index contributed by atoms with van der Waals surface area (Å²) in [6, 6.07) is 23.9. The molecule has 0 heterocycles. The third-order valence-corrected chi connectivity index (χ3v) is 5.81. The van der Waals surface area contributed by atoms with E-state index in [-0.39, 0.29) is 6.61 Å². The molecule has 0 spiro atoms. The number of benzene rings is 3. The molecule has 0 radical (unpaired) electrons. The lowest BCUT2D eigenvalue weighted by Crippen LogP contribution is -2.09. The maximum Gasteiger partial charge on any atom is 0.341 e. The van der Waals surface area contributed by atoms with E-state index in [0.29, 0.717) is 5.75 Å². The van der Waals surface area contributed by atoms with Gasteiger partial charge in [-0.2, -0.15) is 0 Å². The van der Waals surface area contributed by atoms with Crippen molar-refractivity contribution >= 4 is 39.2 Å². The molecule has 6 heteroatoms. The Balaban J connectivity index is 1.80. The first kappa shape index (κ1) is 22.0. The topological polar surface area (TPSA) is 55.8 Å². The normalized spacial score (nSPS) is 11.2. The molecule has 0 saturated carbocycles. The first-order valence-electron chi connectivity index (χ1n) is 9.24. The minimum Gasteiger partial charge on any atom is -0.496 e. The van der Waals surface area contributed by atoms with Crippen LogP contribution in [-0.4, -0.2) is 30.5 Å². The van der Waals surface area contributed by atoms with Crippen LogP contribution in [0.5, 0.6) is 11.5 Å². The fraction of sp³-hybridized carbons (Fsp3) is 0.125. The Morgan fingerprint density at radius 3 is 2.47 bits per heavy atom. The van der Waals surface area contributed by atoms with Crippen LogP contribution in [0.1, 0.15) is 11.1 Å². The fourth-order valence-electron chi connectivity index (χ4n) is 2.92. The van der Waals surface area contributed by atoms with Crippen molar-refractivity contribution in [3.05, 3.63) is 94.5 Å². The standard InChI is InChI=1S/C24H21BrO4S/c1-28-22-10-6-5-9-20(22)19(17-7-3-2-4-8-17)13-14-30-18-11-12-23(21(25)15-18)29-16-24(26)27/h2-13,15H,14,16H2,1H3,(H,26,27)/b19-13-. The number of hydrogen-bond acceptors (Lipinski definition) is 4. The number of para-hydroxylation sites is 1. The molecule has 1 N–H and O–H groups in total. The number of methoxy groups -OCH3 is 1. The van der Waals surface area contributed by atoms with E-state index in [4.69, 9.17) is 14.6 Å². The molecule has 0 atom stereocenters. The highest BCUT2D eigenvalue weighted by Gasteiger charge is 2.10. The highest BCUT2D eigenvalue weighted by atomic mass is 79.9. The summed E-state index contributed by atoms with van der Waals surface area (Å²) in [6.07, 6.45) is 2.20. The number of hydrogen-bond donors (Lipinski definition) is 1. The second kappa shape index (κ2) is 10.9. The molecule has 0 amide bonds. The predicted molar refractivity (Wildman–Crippen MR) is 125 cm³/mol. The van der Waals surface area contributed by atoms with Gasteiger partial charge in [-0.3, -0.25) is 0 Å². The Labute approximate surface area is 188 Å². The van der Waals surface area contributed by atoms with E-state index in [1.165, 1.54) is 0 Å². The lowest BCUT2D eigenvalue weighted by molar-refractivity contribution is -0.139. The van der Waals surface area contributed by atoms with Gasteiger partial charge >= 0.3 is 5.97 Å². The highest BCUT2D eigenvalue weighted by molar-refractivity contribution is 9.10. The van der Waals surface area contributed by atoms with Crippen molar-refractivity contribution in [1.29, 1.82) is 0 Å². The van der Waals surface area contributed by atoms with Crippen LogP contribution in [0.4, 0.5) is 0 Å². The monoisotopic (exact) mass is 484 g/mol. The summed E-state index contributed by atoms with van der Waals surface area (Å²) in [6.45, 7) is -0.368. The number of rotatable bonds is 9. The zero-order valence-corrected chi connectivity index (χ0v) is 18.8. The van der Waals surface area contributed by atoms with Crippen molar-refractivity contribution in [2.75, 3.05) is 19.5 Å². The van der Waals surface area contributed by atoms with E-state index in [1.54, 1.807) is 24.9 Å². The molecular formula is C24H21BrO4S. The molecule has 0 saturated heterocycles. The molecule has 3 aromatic carbocycles. The average molecular weight is 485 g/mol. The van der Waals surface area contributed by atoms with Crippen molar-refractivity contribution in [3.8, 4) is 11.5 Å². The quantitative estimate of drug-likeness (QED) is 0.369. The Hall–Kier alpha value is -2.70. The summed E-state index contributed by atoms with van der Waals surface area (Å²) in [7, 11) is 1.68. The second-order valence-electron chi connectivity index (χ2n) is 6.27. The van der Waals surface area contributed by atoms with E-state index in [1.807, 2.05) is 48.5 Å². The average Bonchev–Trinajstić information content (AvgIpc) is 2.76. The number of carbonyl (C=O) groups is 1. The van der Waals surface area contributed by atoms with Crippen molar-refractivity contribution in [2.24, 2.45) is 0 Å². The van der Waals surface area contributed by atoms with E-state index < -0.39 is 5.97 Å². The third-order valence-electron chi connectivity index (χ3n) is 4.27. The SMILES string of the molecule is COc1ccccc1/C(=C\CSc1ccc(OCC(=O)O)c(Br)c1)c1ccccc1. The minimum absolute atomic E-state index is 0.368. The summed E-state index contributed by atoms with van der Waals surface area (Å²) in [5.41, 5.74) is 3.28. The number of aliphatic carboxylic acids is 1. The van der Waals surface area contributed by atoms with Crippen LogP contribution in [0, 0.1) is 0 Å². The molecule has 0 fully saturated rings. The number of ether oxygens (including phenoxy) is 2. The van der Waals surface area contributed by atoms with Crippen molar-refractivity contribution in [1.82, 2.24) is 0 Å². The van der Waals surface area contributed by atoms with Gasteiger partial charge in [0.25, 0.3) is 0 Å². The van der Waals surface area contributed by atoms with Crippen LogP contribution in [-0.2, 0) is 4.79 Å². The van der Waals surface area contributed by atoms with Gasteiger partial charge in [0.1, 0.15) is 11.5 Å². The maximum atomic E-state index is 10.7. The number of halogens is 1. The Kier molecular flexibility index (Phi) is 7.99. The van der Waals surface area contributed by atoms with E-state index in [9.17, 15) is 4.79 Å². The van der Waals surface area contributed by atoms with Gasteiger partial charge in [0.15, 0.2) is 6.61 Å². The summed E-state index contributed by atoms with van der Waals surface area (Å²) in [4.78, 5) is 11.7. The van der Waals surface area contributed by atoms with Gasteiger partial charge in [0.2, 0.25) is 0 Å². The molecule has 0 unspecified atom stereocenters. The van der Waals surface area contributed by atoms with Crippen LogP contribution in [0.25, 0.3) is 5.57 Å². The number of carboxylic acid groups (broad SMARTS) is 1. The third kappa shape index (κ3) is 5.90. The van der Waals surface area contributed by atoms with E-state index in [2.05, 4.69) is 40.2 Å². The molecule has 154 valence electrons. The maximum absolute atomic E-state index is 10.7. The lowest BCUT2D eigenvalue weighted by Gasteiger charge is -2.13. The molecule has 0 aliphatic rings. The summed E-state index contributed by atoms with van der Waals surface area (Å²) in [5.74, 6) is 1.09. The van der Waals surface area contributed by atoms with Crippen LogP contribution in [0.3, 0.4) is 0 Å². The van der Waals surface area contributed by atoms with Gasteiger partial charge in [-0.15, -0.1) is 11.8 Å². The van der Waals surface area contributed by atoms with Gasteiger partial charge in [-0.25, -0.2) is 4.79 Å². The van der Waals surface area contributed by atoms with Crippen LogP contribution < -0.4 is 9.47 Å². The molecule has 4 nitrogen and oxygen atoms in total. The highest BCUT2D eigenvalue weighted by Crippen LogP contribution is 2.33. The number of carboxylic acids is 1. The van der Waals surface area contributed by atoms with Gasteiger partial charge in [0, 0.05) is 16.2 Å². The van der Waals surface area contributed by atoms with Crippen LogP contribution in [0.15, 0.2) is 88.2 Å². The molecule has 30 heavy (non-hydrogen) atoms. The Morgan fingerprint density at radius 2 is 1.77 bits per heavy atom. The first-order valence-corrected chi connectivity index (χ1v) is 11.0. The van der Waals surface area contributed by atoms with Crippen LogP contribution in [0.2, 0.25) is 0 Å². The van der Waals surface area contributed by atoms with Gasteiger partial charge in [-0.05, 0) is 51.3 Å². The molecule has 3 aromatic rings. The molecule has 0 bridgehead atoms.